The molecule has 0 amide bonds. The topological polar surface area (TPSA) is 36.9 Å². The van der Waals surface area contributed by atoms with Crippen LogP contribution in [0.1, 0.15) is 37.7 Å². The predicted octanol–water partition coefficient (Wildman–Crippen LogP) is 3.18. The number of nitrogens with zero attached hydrogens (tertiary/aromatic N) is 2. The Kier molecular flexibility index (Phi) is 5.94. The van der Waals surface area contributed by atoms with E-state index in [4.69, 9.17) is 4.74 Å². The van der Waals surface area contributed by atoms with Crippen molar-refractivity contribution in [2.75, 3.05) is 40.4 Å². The van der Waals surface area contributed by atoms with Gasteiger partial charge in [-0.2, -0.15) is 0 Å². The first kappa shape index (κ1) is 18.2. The lowest BCUT2D eigenvalue weighted by Crippen LogP contribution is -2.43. The fourth-order valence-corrected chi connectivity index (χ4v) is 3.73. The van der Waals surface area contributed by atoms with E-state index in [-0.39, 0.29) is 11.2 Å². The number of rotatable bonds is 6. The summed E-state index contributed by atoms with van der Waals surface area (Å²) in [5.41, 5.74) is 0.769. The molecule has 1 N–H and O–H groups in total. The number of hydrogen-bond acceptors (Lipinski definition) is 2. The molecule has 138 valence electrons. The zero-order valence-corrected chi connectivity index (χ0v) is 15.4. The number of hydrogen-bond donors (Lipinski definition) is 1. The summed E-state index contributed by atoms with van der Waals surface area (Å²) in [5, 5.41) is 3.47. The van der Waals surface area contributed by atoms with E-state index < -0.39 is 0 Å². The maximum atomic E-state index is 14.1. The normalized spacial score (nSPS) is 20.4. The predicted molar refractivity (Wildman–Crippen MR) is 99.5 cm³/mol. The van der Waals surface area contributed by atoms with Gasteiger partial charge in [0.15, 0.2) is 5.96 Å². The molecule has 0 aromatic heterocycles. The molecule has 1 heterocycles. The third kappa shape index (κ3) is 4.51. The van der Waals surface area contributed by atoms with E-state index in [1.54, 1.807) is 12.1 Å². The summed E-state index contributed by atoms with van der Waals surface area (Å²) >= 11 is 0. The molecule has 0 radical (unpaired) electrons. The van der Waals surface area contributed by atoms with Crippen LogP contribution in [0.2, 0.25) is 0 Å². The van der Waals surface area contributed by atoms with Crippen LogP contribution in [0.25, 0.3) is 0 Å². The van der Waals surface area contributed by atoms with Gasteiger partial charge in [0.25, 0.3) is 0 Å². The van der Waals surface area contributed by atoms with Gasteiger partial charge in [0.05, 0.1) is 0 Å². The molecule has 1 aromatic carbocycles. The molecule has 5 heteroatoms. The standard InChI is InChI=1S/C20H30FN3O/c1-22-19(24(2)12-7-16-8-13-25-14-9-16)23-15-20(10-11-20)17-5-3-4-6-18(17)21/h3-6,16H,7-15H2,1-2H3,(H,22,23). The van der Waals surface area contributed by atoms with Crippen LogP contribution in [0.5, 0.6) is 0 Å². The smallest absolute Gasteiger partial charge is 0.193 e. The van der Waals surface area contributed by atoms with Crippen molar-refractivity contribution < 1.29 is 9.13 Å². The lowest BCUT2D eigenvalue weighted by Gasteiger charge is -2.28. The van der Waals surface area contributed by atoms with Gasteiger partial charge in [-0.15, -0.1) is 0 Å². The number of nitrogens with one attached hydrogen (secondary N) is 1. The molecule has 1 aliphatic carbocycles. The second-order valence-electron chi connectivity index (χ2n) is 7.43. The highest BCUT2D eigenvalue weighted by Crippen LogP contribution is 2.48. The molecule has 1 aromatic rings. The SMILES string of the molecule is CN=C(NCC1(c2ccccc2F)CC1)N(C)CCC1CCOCC1. The average molecular weight is 347 g/mol. The largest absolute Gasteiger partial charge is 0.381 e. The summed E-state index contributed by atoms with van der Waals surface area (Å²) < 4.78 is 19.6. The van der Waals surface area contributed by atoms with Crippen molar-refractivity contribution in [2.24, 2.45) is 10.9 Å². The van der Waals surface area contributed by atoms with Crippen LogP contribution in [0.4, 0.5) is 4.39 Å². The molecule has 2 aliphatic rings. The second-order valence-corrected chi connectivity index (χ2v) is 7.43. The summed E-state index contributed by atoms with van der Waals surface area (Å²) in [7, 11) is 3.90. The molecule has 3 rings (SSSR count). The van der Waals surface area contributed by atoms with Gasteiger partial charge >= 0.3 is 0 Å². The van der Waals surface area contributed by atoms with Gasteiger partial charge in [-0.05, 0) is 49.7 Å². The summed E-state index contributed by atoms with van der Waals surface area (Å²) in [5.74, 6) is 1.56. The number of guanidine groups is 1. The van der Waals surface area contributed by atoms with Crippen LogP contribution < -0.4 is 5.32 Å². The third-order valence-corrected chi connectivity index (χ3v) is 5.67. The zero-order chi connectivity index (χ0) is 17.7. The lowest BCUT2D eigenvalue weighted by molar-refractivity contribution is 0.0625. The highest BCUT2D eigenvalue weighted by atomic mass is 19.1. The summed E-state index contributed by atoms with van der Waals surface area (Å²) in [6, 6.07) is 7.16. The summed E-state index contributed by atoms with van der Waals surface area (Å²) in [4.78, 5) is 6.60. The van der Waals surface area contributed by atoms with E-state index in [9.17, 15) is 4.39 Å². The molecule has 1 saturated heterocycles. The van der Waals surface area contributed by atoms with Crippen molar-refractivity contribution in [2.45, 2.75) is 37.5 Å². The minimum Gasteiger partial charge on any atom is -0.381 e. The molecule has 0 atom stereocenters. The highest BCUT2D eigenvalue weighted by Gasteiger charge is 2.45. The minimum absolute atomic E-state index is 0.0666. The molecular weight excluding hydrogens is 317 g/mol. The van der Waals surface area contributed by atoms with Crippen molar-refractivity contribution in [3.63, 3.8) is 0 Å². The molecule has 25 heavy (non-hydrogen) atoms. The first-order valence-corrected chi connectivity index (χ1v) is 9.39. The Labute approximate surface area is 150 Å². The molecule has 1 saturated carbocycles. The van der Waals surface area contributed by atoms with Crippen molar-refractivity contribution in [3.05, 3.63) is 35.6 Å². The summed E-state index contributed by atoms with van der Waals surface area (Å²) in [6.07, 6.45) is 5.55. The van der Waals surface area contributed by atoms with Crippen molar-refractivity contribution >= 4 is 5.96 Å². The van der Waals surface area contributed by atoms with Crippen LogP contribution >= 0.6 is 0 Å². The molecule has 0 spiro atoms. The van der Waals surface area contributed by atoms with Gasteiger partial charge in [0.1, 0.15) is 5.82 Å². The maximum Gasteiger partial charge on any atom is 0.193 e. The fraction of sp³-hybridized carbons (Fsp3) is 0.650. The fourth-order valence-electron chi connectivity index (χ4n) is 3.73. The van der Waals surface area contributed by atoms with Gasteiger partial charge in [0.2, 0.25) is 0 Å². The van der Waals surface area contributed by atoms with Gasteiger partial charge < -0.3 is 15.0 Å². The Hall–Kier alpha value is -1.62. The van der Waals surface area contributed by atoms with Crippen LogP contribution in [0, 0.1) is 11.7 Å². The lowest BCUT2D eigenvalue weighted by atomic mass is 9.95. The monoisotopic (exact) mass is 347 g/mol. The second kappa shape index (κ2) is 8.17. The Morgan fingerprint density at radius 3 is 2.68 bits per heavy atom. The zero-order valence-electron chi connectivity index (χ0n) is 15.4. The van der Waals surface area contributed by atoms with Crippen LogP contribution in [0.3, 0.4) is 0 Å². The quantitative estimate of drug-likeness (QED) is 0.634. The number of ether oxygens (including phenoxy) is 1. The van der Waals surface area contributed by atoms with E-state index in [1.807, 2.05) is 19.2 Å². The van der Waals surface area contributed by atoms with Crippen LogP contribution in [-0.4, -0.2) is 51.3 Å². The molecule has 0 bridgehead atoms. The van der Waals surface area contributed by atoms with E-state index in [1.165, 1.54) is 6.42 Å². The molecule has 0 unspecified atom stereocenters. The summed E-state index contributed by atoms with van der Waals surface area (Å²) in [6.45, 7) is 3.51. The number of aliphatic imine (C=N–C) groups is 1. The Balaban J connectivity index is 1.51. The number of halogens is 1. The van der Waals surface area contributed by atoms with Crippen molar-refractivity contribution in [1.82, 2.24) is 10.2 Å². The van der Waals surface area contributed by atoms with Gasteiger partial charge in [-0.3, -0.25) is 4.99 Å². The van der Waals surface area contributed by atoms with E-state index >= 15 is 0 Å². The first-order chi connectivity index (χ1) is 12.1. The molecule has 1 aliphatic heterocycles. The van der Waals surface area contributed by atoms with E-state index in [0.29, 0.717) is 0 Å². The van der Waals surface area contributed by atoms with E-state index in [2.05, 4.69) is 22.3 Å². The van der Waals surface area contributed by atoms with E-state index in [0.717, 1.165) is 69.4 Å². The van der Waals surface area contributed by atoms with Crippen LogP contribution in [0.15, 0.2) is 29.3 Å². The number of benzene rings is 1. The molecule has 2 fully saturated rings. The first-order valence-electron chi connectivity index (χ1n) is 9.39. The van der Waals surface area contributed by atoms with Gasteiger partial charge in [-0.25, -0.2) is 4.39 Å². The molecule has 4 nitrogen and oxygen atoms in total. The molecular formula is C20H30FN3O. The Bertz CT molecular complexity index is 594. The maximum absolute atomic E-state index is 14.1. The Morgan fingerprint density at radius 2 is 2.04 bits per heavy atom. The van der Waals surface area contributed by atoms with Crippen LogP contribution in [-0.2, 0) is 10.2 Å². The van der Waals surface area contributed by atoms with Gasteiger partial charge in [0, 0.05) is 45.8 Å². The minimum atomic E-state index is -0.0929. The third-order valence-electron chi connectivity index (χ3n) is 5.67. The Morgan fingerprint density at radius 1 is 1.32 bits per heavy atom. The average Bonchev–Trinajstić information content (AvgIpc) is 3.42. The highest BCUT2D eigenvalue weighted by molar-refractivity contribution is 5.79. The van der Waals surface area contributed by atoms with Crippen molar-refractivity contribution in [3.8, 4) is 0 Å². The van der Waals surface area contributed by atoms with Crippen molar-refractivity contribution in [1.29, 1.82) is 0 Å². The van der Waals surface area contributed by atoms with Gasteiger partial charge in [-0.1, -0.05) is 18.2 Å².